The van der Waals surface area contributed by atoms with Crippen LogP contribution in [-0.4, -0.2) is 46.3 Å². The molecular weight excluding hydrogens is 408 g/mol. The van der Waals surface area contributed by atoms with Crippen LogP contribution in [0.4, 0.5) is 5.69 Å². The van der Waals surface area contributed by atoms with Crippen molar-refractivity contribution in [2.24, 2.45) is 0 Å². The maximum absolute atomic E-state index is 13.5. The van der Waals surface area contributed by atoms with Gasteiger partial charge in [0.2, 0.25) is 5.91 Å². The molecule has 2 atom stereocenters. The van der Waals surface area contributed by atoms with Gasteiger partial charge in [-0.15, -0.1) is 0 Å². The predicted octanol–water partition coefficient (Wildman–Crippen LogP) is 2.74. The van der Waals surface area contributed by atoms with Crippen LogP contribution in [0.25, 0.3) is 0 Å². The van der Waals surface area contributed by atoms with Crippen LogP contribution in [0.5, 0.6) is 0 Å². The molecule has 0 aliphatic carbocycles. The van der Waals surface area contributed by atoms with Gasteiger partial charge in [-0.3, -0.25) is 19.6 Å². The standard InChI is InChI=1S/C24H20N4O4/c1-32-22(30)16-8-9-19(26-14-16)21(29)28-12-10-24(20(28)15-5-4-11-25-13-15)17-6-2-3-7-18(17)27-23(24)31/h2-9,11,13-14,20H,10,12H2,1H3,(H,27,31). The zero-order valence-corrected chi connectivity index (χ0v) is 17.3. The molecule has 2 amide bonds. The molecule has 8 heteroatoms. The first-order valence-corrected chi connectivity index (χ1v) is 10.2. The number of hydrogen-bond donors (Lipinski definition) is 1. The molecule has 0 saturated carbocycles. The normalized spacial score (nSPS) is 21.3. The molecule has 0 radical (unpaired) electrons. The summed E-state index contributed by atoms with van der Waals surface area (Å²) in [5.41, 5.74) is 1.95. The lowest BCUT2D eigenvalue weighted by Gasteiger charge is -2.34. The number of rotatable bonds is 3. The third-order valence-electron chi connectivity index (χ3n) is 6.25. The zero-order chi connectivity index (χ0) is 22.3. The first kappa shape index (κ1) is 19.9. The topological polar surface area (TPSA) is 101 Å². The molecule has 160 valence electrons. The number of pyridine rings is 2. The van der Waals surface area contributed by atoms with Crippen molar-refractivity contribution in [2.75, 3.05) is 19.0 Å². The lowest BCUT2D eigenvalue weighted by atomic mass is 9.73. The number of carbonyl (C=O) groups is 3. The summed E-state index contributed by atoms with van der Waals surface area (Å²) in [6, 6.07) is 13.7. The molecule has 2 aliphatic rings. The second kappa shape index (κ2) is 7.56. The summed E-state index contributed by atoms with van der Waals surface area (Å²) in [5, 5.41) is 2.99. The van der Waals surface area contributed by atoms with Crippen LogP contribution in [0.3, 0.4) is 0 Å². The van der Waals surface area contributed by atoms with Crippen molar-refractivity contribution < 1.29 is 19.1 Å². The fourth-order valence-corrected chi connectivity index (χ4v) is 4.81. The Bertz CT molecular complexity index is 1210. The minimum Gasteiger partial charge on any atom is -0.465 e. The van der Waals surface area contributed by atoms with Gasteiger partial charge in [-0.2, -0.15) is 0 Å². The van der Waals surface area contributed by atoms with Crippen LogP contribution < -0.4 is 5.32 Å². The van der Waals surface area contributed by atoms with Crippen LogP contribution in [-0.2, 0) is 14.9 Å². The third kappa shape index (κ3) is 2.87. The lowest BCUT2D eigenvalue weighted by molar-refractivity contribution is -0.121. The molecule has 1 spiro atoms. The third-order valence-corrected chi connectivity index (χ3v) is 6.25. The Kier molecular flexibility index (Phi) is 4.70. The van der Waals surface area contributed by atoms with E-state index < -0.39 is 17.4 Å². The van der Waals surface area contributed by atoms with E-state index in [1.807, 2.05) is 30.3 Å². The van der Waals surface area contributed by atoms with Crippen LogP contribution in [0.15, 0.2) is 67.1 Å². The molecule has 1 saturated heterocycles. The smallest absolute Gasteiger partial charge is 0.339 e. The van der Waals surface area contributed by atoms with Crippen molar-refractivity contribution in [2.45, 2.75) is 17.9 Å². The van der Waals surface area contributed by atoms with Gasteiger partial charge < -0.3 is 15.0 Å². The summed E-state index contributed by atoms with van der Waals surface area (Å²) < 4.78 is 4.69. The molecule has 4 heterocycles. The Labute approximate surface area is 184 Å². The number of methoxy groups -OCH3 is 1. The van der Waals surface area contributed by atoms with Gasteiger partial charge in [-0.25, -0.2) is 4.79 Å². The molecule has 1 aromatic carbocycles. The molecule has 2 unspecified atom stereocenters. The van der Waals surface area contributed by atoms with Gasteiger partial charge in [0.25, 0.3) is 5.91 Å². The predicted molar refractivity (Wildman–Crippen MR) is 115 cm³/mol. The number of aromatic nitrogens is 2. The van der Waals surface area contributed by atoms with E-state index in [0.29, 0.717) is 13.0 Å². The number of anilines is 1. The second-order valence-corrected chi connectivity index (χ2v) is 7.83. The Morgan fingerprint density at radius 2 is 1.97 bits per heavy atom. The van der Waals surface area contributed by atoms with Gasteiger partial charge in [0.05, 0.1) is 18.7 Å². The zero-order valence-electron chi connectivity index (χ0n) is 17.3. The quantitative estimate of drug-likeness (QED) is 0.644. The SMILES string of the molecule is COC(=O)c1ccc(C(=O)N2CCC3(C(=O)Nc4ccccc43)C2c2cccnc2)nc1. The molecule has 8 nitrogen and oxygen atoms in total. The molecule has 1 N–H and O–H groups in total. The molecule has 0 bridgehead atoms. The number of para-hydroxylation sites is 1. The number of amides is 2. The van der Waals surface area contributed by atoms with Gasteiger partial charge in [0.1, 0.15) is 11.1 Å². The van der Waals surface area contributed by atoms with Gasteiger partial charge in [-0.1, -0.05) is 24.3 Å². The maximum atomic E-state index is 13.5. The van der Waals surface area contributed by atoms with Gasteiger partial charge in [-0.05, 0) is 41.8 Å². The number of nitrogens with zero attached hydrogens (tertiary/aromatic N) is 3. The number of fused-ring (bicyclic) bond motifs is 2. The maximum Gasteiger partial charge on any atom is 0.339 e. The fraction of sp³-hybridized carbons (Fsp3) is 0.208. The van der Waals surface area contributed by atoms with E-state index in [9.17, 15) is 14.4 Å². The Morgan fingerprint density at radius 1 is 1.12 bits per heavy atom. The van der Waals surface area contributed by atoms with Crippen molar-refractivity contribution >= 4 is 23.5 Å². The van der Waals surface area contributed by atoms with Crippen molar-refractivity contribution in [3.05, 3.63) is 89.5 Å². The van der Waals surface area contributed by atoms with Gasteiger partial charge in [0, 0.05) is 30.8 Å². The summed E-state index contributed by atoms with van der Waals surface area (Å²) in [7, 11) is 1.29. The number of hydrogen-bond acceptors (Lipinski definition) is 6. The number of carbonyl (C=O) groups excluding carboxylic acids is 3. The van der Waals surface area contributed by atoms with E-state index in [0.717, 1.165) is 16.8 Å². The van der Waals surface area contributed by atoms with Crippen molar-refractivity contribution in [3.8, 4) is 0 Å². The highest BCUT2D eigenvalue weighted by atomic mass is 16.5. The minimum absolute atomic E-state index is 0.128. The van der Waals surface area contributed by atoms with E-state index in [1.54, 1.807) is 23.4 Å². The summed E-state index contributed by atoms with van der Waals surface area (Å²) in [6.07, 6.45) is 5.15. The molecule has 2 aliphatic heterocycles. The molecule has 2 aromatic heterocycles. The number of esters is 1. The van der Waals surface area contributed by atoms with E-state index >= 15 is 0 Å². The van der Waals surface area contributed by atoms with E-state index in [2.05, 4.69) is 15.3 Å². The van der Waals surface area contributed by atoms with Crippen molar-refractivity contribution in [3.63, 3.8) is 0 Å². The number of likely N-dealkylation sites (tertiary alicyclic amines) is 1. The second-order valence-electron chi connectivity index (χ2n) is 7.83. The monoisotopic (exact) mass is 428 g/mol. The highest BCUT2D eigenvalue weighted by molar-refractivity contribution is 6.08. The molecule has 5 rings (SSSR count). The molecule has 3 aromatic rings. The van der Waals surface area contributed by atoms with E-state index in [-0.39, 0.29) is 23.1 Å². The van der Waals surface area contributed by atoms with Gasteiger partial charge in [0.15, 0.2) is 0 Å². The molecular formula is C24H20N4O4. The minimum atomic E-state index is -0.915. The molecule has 32 heavy (non-hydrogen) atoms. The van der Waals surface area contributed by atoms with Crippen LogP contribution in [0.2, 0.25) is 0 Å². The fourth-order valence-electron chi connectivity index (χ4n) is 4.81. The highest BCUT2D eigenvalue weighted by Gasteiger charge is 2.59. The number of ether oxygens (including phenoxy) is 1. The molecule has 1 fully saturated rings. The van der Waals surface area contributed by atoms with Gasteiger partial charge >= 0.3 is 5.97 Å². The van der Waals surface area contributed by atoms with E-state index in [4.69, 9.17) is 4.74 Å². The Morgan fingerprint density at radius 3 is 2.69 bits per heavy atom. The van der Waals surface area contributed by atoms with Crippen LogP contribution >= 0.6 is 0 Å². The first-order chi connectivity index (χ1) is 15.6. The first-order valence-electron chi connectivity index (χ1n) is 10.2. The Balaban J connectivity index is 1.58. The summed E-state index contributed by atoms with van der Waals surface area (Å²) in [4.78, 5) is 48.7. The van der Waals surface area contributed by atoms with Crippen molar-refractivity contribution in [1.82, 2.24) is 14.9 Å². The summed E-state index contributed by atoms with van der Waals surface area (Å²) >= 11 is 0. The number of nitrogens with one attached hydrogen (secondary N) is 1. The Hall–Kier alpha value is -4.07. The largest absolute Gasteiger partial charge is 0.465 e. The number of benzene rings is 1. The van der Waals surface area contributed by atoms with E-state index in [1.165, 1.54) is 25.4 Å². The lowest BCUT2D eigenvalue weighted by Crippen LogP contribution is -2.42. The highest BCUT2D eigenvalue weighted by Crippen LogP contribution is 2.54. The average molecular weight is 428 g/mol. The summed E-state index contributed by atoms with van der Waals surface area (Å²) in [5.74, 6) is -0.967. The summed E-state index contributed by atoms with van der Waals surface area (Å²) in [6.45, 7) is 0.376. The average Bonchev–Trinajstić information content (AvgIpc) is 3.38. The van der Waals surface area contributed by atoms with Crippen molar-refractivity contribution in [1.29, 1.82) is 0 Å². The van der Waals surface area contributed by atoms with Crippen LogP contribution in [0, 0.1) is 0 Å². The van der Waals surface area contributed by atoms with Crippen LogP contribution in [0.1, 0.15) is 44.4 Å².